The first-order valence-corrected chi connectivity index (χ1v) is 7.27. The van der Waals surface area contributed by atoms with Gasteiger partial charge in [0.05, 0.1) is 0 Å². The second-order valence-corrected chi connectivity index (χ2v) is 5.66. The Balaban J connectivity index is 2.00. The molecule has 2 heteroatoms. The quantitative estimate of drug-likeness (QED) is 0.694. The van der Waals surface area contributed by atoms with Gasteiger partial charge in [0.25, 0.3) is 0 Å². The maximum Gasteiger partial charge on any atom is 0.120 e. The lowest BCUT2D eigenvalue weighted by molar-refractivity contribution is 0.457. The molecule has 1 aliphatic rings. The highest BCUT2D eigenvalue weighted by atomic mass is 16.3. The van der Waals surface area contributed by atoms with Crippen LogP contribution >= 0.6 is 0 Å². The summed E-state index contributed by atoms with van der Waals surface area (Å²) in [5.41, 5.74) is 3.10. The van der Waals surface area contributed by atoms with Crippen LogP contribution in [0.1, 0.15) is 29.0 Å². The average molecular weight is 276 g/mol. The fourth-order valence-corrected chi connectivity index (χ4v) is 3.60. The van der Waals surface area contributed by atoms with Gasteiger partial charge >= 0.3 is 0 Å². The summed E-state index contributed by atoms with van der Waals surface area (Å²) in [7, 11) is 0. The van der Waals surface area contributed by atoms with Crippen molar-refractivity contribution >= 4 is 10.8 Å². The van der Waals surface area contributed by atoms with Crippen LogP contribution in [-0.2, 0) is 6.42 Å². The maximum atomic E-state index is 10.4. The summed E-state index contributed by atoms with van der Waals surface area (Å²) in [6.45, 7) is 0. The minimum absolute atomic E-state index is 0.0623. The van der Waals surface area contributed by atoms with Gasteiger partial charge in [-0.1, -0.05) is 42.5 Å². The topological polar surface area (TPSA) is 40.5 Å². The van der Waals surface area contributed by atoms with Crippen LogP contribution in [0.4, 0.5) is 0 Å². The largest absolute Gasteiger partial charge is 0.508 e. The van der Waals surface area contributed by atoms with E-state index in [4.69, 9.17) is 0 Å². The molecule has 0 fully saturated rings. The highest BCUT2D eigenvalue weighted by Gasteiger charge is 2.29. The molecule has 0 aromatic heterocycles. The fourth-order valence-electron chi connectivity index (χ4n) is 3.60. The molecule has 3 aromatic carbocycles. The van der Waals surface area contributed by atoms with Gasteiger partial charge in [0.15, 0.2) is 0 Å². The van der Waals surface area contributed by atoms with Crippen molar-refractivity contribution in [3.05, 3.63) is 71.3 Å². The van der Waals surface area contributed by atoms with E-state index in [0.717, 1.165) is 34.7 Å². The second kappa shape index (κ2) is 4.52. The van der Waals surface area contributed by atoms with Gasteiger partial charge in [-0.3, -0.25) is 0 Å². The Morgan fingerprint density at radius 3 is 2.48 bits per heavy atom. The second-order valence-electron chi connectivity index (χ2n) is 5.66. The van der Waals surface area contributed by atoms with Crippen molar-refractivity contribution in [2.24, 2.45) is 0 Å². The van der Waals surface area contributed by atoms with Gasteiger partial charge in [0, 0.05) is 17.0 Å². The van der Waals surface area contributed by atoms with E-state index >= 15 is 0 Å². The van der Waals surface area contributed by atoms with Gasteiger partial charge in [-0.05, 0) is 41.3 Å². The van der Waals surface area contributed by atoms with Crippen molar-refractivity contribution in [2.45, 2.75) is 18.8 Å². The van der Waals surface area contributed by atoms with E-state index in [-0.39, 0.29) is 5.92 Å². The van der Waals surface area contributed by atoms with Gasteiger partial charge in [-0.25, -0.2) is 0 Å². The minimum atomic E-state index is 0.0623. The zero-order chi connectivity index (χ0) is 14.4. The van der Waals surface area contributed by atoms with E-state index in [1.165, 1.54) is 5.56 Å². The lowest BCUT2D eigenvalue weighted by Gasteiger charge is -2.17. The first-order valence-electron chi connectivity index (χ1n) is 7.27. The first kappa shape index (κ1) is 12.3. The normalized spacial score (nSPS) is 17.0. The molecule has 0 heterocycles. The molecule has 1 unspecified atom stereocenters. The molecular weight excluding hydrogens is 260 g/mol. The minimum Gasteiger partial charge on any atom is -0.508 e. The van der Waals surface area contributed by atoms with Crippen molar-refractivity contribution < 1.29 is 10.2 Å². The Morgan fingerprint density at radius 2 is 1.57 bits per heavy atom. The Labute approximate surface area is 123 Å². The Morgan fingerprint density at radius 1 is 0.762 bits per heavy atom. The lowest BCUT2D eigenvalue weighted by atomic mass is 9.88. The average Bonchev–Trinajstić information content (AvgIpc) is 2.92. The van der Waals surface area contributed by atoms with Gasteiger partial charge in [0.2, 0.25) is 0 Å². The summed E-state index contributed by atoms with van der Waals surface area (Å²) in [5.74, 6) is 0.712. The van der Waals surface area contributed by atoms with E-state index in [1.54, 1.807) is 12.1 Å². The number of phenolic OH excluding ortho intramolecular Hbond substituents is 2. The lowest BCUT2D eigenvalue weighted by Crippen LogP contribution is -1.98. The number of hydrogen-bond acceptors (Lipinski definition) is 2. The van der Waals surface area contributed by atoms with E-state index in [2.05, 4.69) is 12.1 Å². The number of hydrogen-bond donors (Lipinski definition) is 2. The van der Waals surface area contributed by atoms with Gasteiger partial charge < -0.3 is 10.2 Å². The summed E-state index contributed by atoms with van der Waals surface area (Å²) < 4.78 is 0. The molecule has 1 atom stereocenters. The molecule has 0 bridgehead atoms. The number of fused-ring (bicyclic) bond motifs is 2. The molecule has 0 saturated heterocycles. The van der Waals surface area contributed by atoms with Crippen LogP contribution < -0.4 is 0 Å². The Hall–Kier alpha value is -2.48. The van der Waals surface area contributed by atoms with Crippen LogP contribution in [0.15, 0.2) is 54.6 Å². The van der Waals surface area contributed by atoms with Crippen molar-refractivity contribution in [1.29, 1.82) is 0 Å². The molecule has 3 aromatic rings. The number of phenols is 2. The number of aromatic hydroxyl groups is 2. The van der Waals surface area contributed by atoms with Crippen LogP contribution in [0.2, 0.25) is 0 Å². The van der Waals surface area contributed by atoms with Crippen molar-refractivity contribution in [1.82, 2.24) is 0 Å². The highest BCUT2D eigenvalue weighted by Crippen LogP contribution is 2.47. The molecule has 2 nitrogen and oxygen atoms in total. The first-order chi connectivity index (χ1) is 10.3. The summed E-state index contributed by atoms with van der Waals surface area (Å²) in [4.78, 5) is 0. The van der Waals surface area contributed by atoms with Crippen molar-refractivity contribution in [2.75, 3.05) is 0 Å². The number of aryl methyl sites for hydroxylation is 1. The standard InChI is InChI=1S/C19H16O2/c20-16-7-3-5-13-8-10-15(18(13)16)19-14-6-2-1-4-12(14)9-11-17(19)21/h1-7,9,11,15,20-21H,8,10H2. The van der Waals surface area contributed by atoms with E-state index in [9.17, 15) is 10.2 Å². The van der Waals surface area contributed by atoms with Gasteiger partial charge in [-0.2, -0.15) is 0 Å². The summed E-state index contributed by atoms with van der Waals surface area (Å²) in [6, 6.07) is 17.5. The molecule has 0 saturated carbocycles. The number of benzene rings is 3. The van der Waals surface area contributed by atoms with E-state index < -0.39 is 0 Å². The monoisotopic (exact) mass is 276 g/mol. The molecule has 21 heavy (non-hydrogen) atoms. The summed E-state index contributed by atoms with van der Waals surface area (Å²) in [5, 5.41) is 22.8. The van der Waals surface area contributed by atoms with Crippen LogP contribution in [0.3, 0.4) is 0 Å². The predicted molar refractivity (Wildman–Crippen MR) is 83.9 cm³/mol. The third-order valence-electron chi connectivity index (χ3n) is 4.52. The number of rotatable bonds is 1. The molecule has 2 N–H and O–H groups in total. The van der Waals surface area contributed by atoms with Gasteiger partial charge in [0.1, 0.15) is 11.5 Å². The summed E-state index contributed by atoms with van der Waals surface area (Å²) >= 11 is 0. The zero-order valence-electron chi connectivity index (χ0n) is 11.6. The predicted octanol–water partition coefficient (Wildman–Crippen LogP) is 4.33. The maximum absolute atomic E-state index is 10.4. The molecule has 0 amide bonds. The molecule has 0 spiro atoms. The molecule has 104 valence electrons. The fraction of sp³-hybridized carbons (Fsp3) is 0.158. The van der Waals surface area contributed by atoms with Crippen LogP contribution in [0.25, 0.3) is 10.8 Å². The third-order valence-corrected chi connectivity index (χ3v) is 4.52. The van der Waals surface area contributed by atoms with Gasteiger partial charge in [-0.15, -0.1) is 0 Å². The zero-order valence-corrected chi connectivity index (χ0v) is 11.6. The SMILES string of the molecule is Oc1cccc2c1C(c1c(O)ccc3ccccc13)CC2. The molecule has 1 aliphatic carbocycles. The van der Waals surface area contributed by atoms with Crippen LogP contribution in [-0.4, -0.2) is 10.2 Å². The third kappa shape index (κ3) is 1.79. The van der Waals surface area contributed by atoms with Crippen molar-refractivity contribution in [3.63, 3.8) is 0 Å². The summed E-state index contributed by atoms with van der Waals surface area (Å²) in [6.07, 6.45) is 1.87. The molecule has 4 rings (SSSR count). The van der Waals surface area contributed by atoms with E-state index in [1.807, 2.05) is 30.3 Å². The Bertz CT molecular complexity index is 836. The molecule has 0 aliphatic heterocycles. The highest BCUT2D eigenvalue weighted by molar-refractivity contribution is 5.89. The van der Waals surface area contributed by atoms with E-state index in [0.29, 0.717) is 11.5 Å². The Kier molecular flexibility index (Phi) is 2.64. The smallest absolute Gasteiger partial charge is 0.120 e. The van der Waals surface area contributed by atoms with Crippen molar-refractivity contribution in [3.8, 4) is 11.5 Å². The molecule has 0 radical (unpaired) electrons. The molecular formula is C19H16O2. The van der Waals surface area contributed by atoms with Crippen LogP contribution in [0.5, 0.6) is 11.5 Å². The van der Waals surface area contributed by atoms with Crippen LogP contribution in [0, 0.1) is 0 Å².